The zero-order chi connectivity index (χ0) is 22.8. The van der Waals surface area contributed by atoms with Crippen molar-refractivity contribution in [1.29, 1.82) is 0 Å². The van der Waals surface area contributed by atoms with Gasteiger partial charge < -0.3 is 15.0 Å². The molecular formula is C26H34N2O3S. The average molecular weight is 455 g/mol. The molecule has 1 saturated carbocycles. The standard InChI is InChI=1S/C26H34N2O3S/c1-20(26(30)27-23-12-6-7-13-23)28(18-22-11-8-14-24(17-22)31-2)25(29)15-16-32-19-21-9-4-3-5-10-21/h3-5,8-11,14,17,20,23H,6-7,12-13,15-16,18-19H2,1-2H3,(H,27,30)/t20-/m0/s1. The van der Waals surface area contributed by atoms with Gasteiger partial charge in [0, 0.05) is 30.5 Å². The number of hydrogen-bond acceptors (Lipinski definition) is 4. The highest BCUT2D eigenvalue weighted by Gasteiger charge is 2.28. The van der Waals surface area contributed by atoms with Crippen LogP contribution in [0.5, 0.6) is 5.75 Å². The van der Waals surface area contributed by atoms with Crippen molar-refractivity contribution in [3.63, 3.8) is 0 Å². The van der Waals surface area contributed by atoms with Gasteiger partial charge in [-0.1, -0.05) is 55.3 Å². The highest BCUT2D eigenvalue weighted by Crippen LogP contribution is 2.20. The van der Waals surface area contributed by atoms with Gasteiger partial charge in [-0.15, -0.1) is 0 Å². The Morgan fingerprint density at radius 1 is 1.09 bits per heavy atom. The molecule has 0 heterocycles. The first-order chi connectivity index (χ1) is 15.6. The summed E-state index contributed by atoms with van der Waals surface area (Å²) in [6.07, 6.45) is 4.77. The van der Waals surface area contributed by atoms with Gasteiger partial charge >= 0.3 is 0 Å². The number of methoxy groups -OCH3 is 1. The second-order valence-corrected chi connectivity index (χ2v) is 9.43. The topological polar surface area (TPSA) is 58.6 Å². The average Bonchev–Trinajstić information content (AvgIpc) is 3.33. The third kappa shape index (κ3) is 7.30. The van der Waals surface area contributed by atoms with Gasteiger partial charge in [0.1, 0.15) is 11.8 Å². The van der Waals surface area contributed by atoms with Crippen LogP contribution in [0.1, 0.15) is 50.2 Å². The number of rotatable bonds is 11. The Bertz CT molecular complexity index is 868. The summed E-state index contributed by atoms with van der Waals surface area (Å²) in [5.41, 5.74) is 2.21. The largest absolute Gasteiger partial charge is 0.497 e. The summed E-state index contributed by atoms with van der Waals surface area (Å²) >= 11 is 1.74. The van der Waals surface area contributed by atoms with E-state index in [1.165, 1.54) is 5.56 Å². The molecule has 172 valence electrons. The molecule has 5 nitrogen and oxygen atoms in total. The molecule has 2 amide bonds. The van der Waals surface area contributed by atoms with E-state index in [0.29, 0.717) is 13.0 Å². The van der Waals surface area contributed by atoms with Gasteiger partial charge in [0.2, 0.25) is 11.8 Å². The van der Waals surface area contributed by atoms with Crippen LogP contribution in [0.3, 0.4) is 0 Å². The number of ether oxygens (including phenoxy) is 1. The van der Waals surface area contributed by atoms with E-state index in [1.54, 1.807) is 23.8 Å². The smallest absolute Gasteiger partial charge is 0.242 e. The Balaban J connectivity index is 1.62. The highest BCUT2D eigenvalue weighted by atomic mass is 32.2. The lowest BCUT2D eigenvalue weighted by Crippen LogP contribution is -2.49. The molecule has 0 unspecified atom stereocenters. The Morgan fingerprint density at radius 3 is 2.53 bits per heavy atom. The van der Waals surface area contributed by atoms with E-state index in [9.17, 15) is 9.59 Å². The summed E-state index contributed by atoms with van der Waals surface area (Å²) in [6, 6.07) is 17.7. The minimum absolute atomic E-state index is 0.00227. The second-order valence-electron chi connectivity index (χ2n) is 8.33. The quantitative estimate of drug-likeness (QED) is 0.496. The number of nitrogens with one attached hydrogen (secondary N) is 1. The van der Waals surface area contributed by atoms with E-state index in [0.717, 1.165) is 48.5 Å². The molecule has 2 aromatic rings. The van der Waals surface area contributed by atoms with Crippen LogP contribution in [0, 0.1) is 0 Å². The molecule has 1 aliphatic carbocycles. The molecule has 32 heavy (non-hydrogen) atoms. The molecular weight excluding hydrogens is 420 g/mol. The van der Waals surface area contributed by atoms with Crippen LogP contribution >= 0.6 is 11.8 Å². The molecule has 0 saturated heterocycles. The van der Waals surface area contributed by atoms with Crippen molar-refractivity contribution < 1.29 is 14.3 Å². The number of thioether (sulfide) groups is 1. The molecule has 2 aromatic carbocycles. The van der Waals surface area contributed by atoms with Crippen LogP contribution in [0.15, 0.2) is 54.6 Å². The van der Waals surface area contributed by atoms with E-state index < -0.39 is 6.04 Å². The van der Waals surface area contributed by atoms with Crippen molar-refractivity contribution in [2.75, 3.05) is 12.9 Å². The van der Waals surface area contributed by atoms with Crippen LogP contribution in [-0.4, -0.2) is 41.7 Å². The number of carbonyl (C=O) groups excluding carboxylic acids is 2. The molecule has 0 spiro atoms. The number of hydrogen-bond donors (Lipinski definition) is 1. The first kappa shape index (κ1) is 24.2. The van der Waals surface area contributed by atoms with Crippen LogP contribution < -0.4 is 10.1 Å². The Labute approximate surface area is 195 Å². The van der Waals surface area contributed by atoms with Crippen molar-refractivity contribution in [3.05, 3.63) is 65.7 Å². The van der Waals surface area contributed by atoms with Crippen LogP contribution in [-0.2, 0) is 21.9 Å². The molecule has 0 radical (unpaired) electrons. The maximum Gasteiger partial charge on any atom is 0.242 e. The molecule has 1 N–H and O–H groups in total. The lowest BCUT2D eigenvalue weighted by molar-refractivity contribution is -0.140. The van der Waals surface area contributed by atoms with Crippen molar-refractivity contribution in [1.82, 2.24) is 10.2 Å². The molecule has 1 fully saturated rings. The maximum absolute atomic E-state index is 13.2. The van der Waals surface area contributed by atoms with Gasteiger partial charge in [-0.2, -0.15) is 11.8 Å². The van der Waals surface area contributed by atoms with Gasteiger partial charge in [0.05, 0.1) is 7.11 Å². The first-order valence-corrected chi connectivity index (χ1v) is 12.6. The van der Waals surface area contributed by atoms with Crippen LogP contribution in [0.2, 0.25) is 0 Å². The molecule has 3 rings (SSSR count). The summed E-state index contributed by atoms with van der Waals surface area (Å²) in [6.45, 7) is 2.22. The normalized spacial score (nSPS) is 14.7. The number of amides is 2. The molecule has 0 aliphatic heterocycles. The van der Waals surface area contributed by atoms with Crippen molar-refractivity contribution in [3.8, 4) is 5.75 Å². The zero-order valence-electron chi connectivity index (χ0n) is 19.1. The fourth-order valence-electron chi connectivity index (χ4n) is 4.01. The van der Waals surface area contributed by atoms with E-state index in [1.807, 2.05) is 49.4 Å². The molecule has 6 heteroatoms. The third-order valence-electron chi connectivity index (χ3n) is 5.93. The van der Waals surface area contributed by atoms with Crippen LogP contribution in [0.25, 0.3) is 0 Å². The number of carbonyl (C=O) groups is 2. The summed E-state index contributed by atoms with van der Waals surface area (Å²) < 4.78 is 5.33. The van der Waals surface area contributed by atoms with E-state index in [-0.39, 0.29) is 17.9 Å². The van der Waals surface area contributed by atoms with E-state index in [4.69, 9.17) is 4.74 Å². The van der Waals surface area contributed by atoms with Gasteiger partial charge in [0.25, 0.3) is 0 Å². The fraction of sp³-hybridized carbons (Fsp3) is 0.462. The minimum atomic E-state index is -0.520. The maximum atomic E-state index is 13.2. The summed E-state index contributed by atoms with van der Waals surface area (Å²) in [5.74, 6) is 2.28. The van der Waals surface area contributed by atoms with Crippen LogP contribution in [0.4, 0.5) is 0 Å². The summed E-state index contributed by atoms with van der Waals surface area (Å²) in [5, 5.41) is 3.15. The SMILES string of the molecule is COc1cccc(CN(C(=O)CCSCc2ccccc2)[C@@H](C)C(=O)NC2CCCC2)c1. The lowest BCUT2D eigenvalue weighted by Gasteiger charge is -2.30. The predicted octanol–water partition coefficient (Wildman–Crippen LogP) is 4.79. The molecule has 1 atom stereocenters. The first-order valence-electron chi connectivity index (χ1n) is 11.4. The van der Waals surface area contributed by atoms with Gasteiger partial charge in [-0.25, -0.2) is 0 Å². The fourth-order valence-corrected chi connectivity index (χ4v) is 4.90. The van der Waals surface area contributed by atoms with Gasteiger partial charge in [0.15, 0.2) is 0 Å². The van der Waals surface area contributed by atoms with Crippen molar-refractivity contribution >= 4 is 23.6 Å². The Morgan fingerprint density at radius 2 is 1.81 bits per heavy atom. The number of benzene rings is 2. The Hall–Kier alpha value is -2.47. The van der Waals surface area contributed by atoms with Crippen molar-refractivity contribution in [2.45, 2.75) is 63.4 Å². The summed E-state index contributed by atoms with van der Waals surface area (Å²) in [4.78, 5) is 27.8. The second kappa shape index (κ2) is 12.5. The monoisotopic (exact) mass is 454 g/mol. The third-order valence-corrected chi connectivity index (χ3v) is 6.96. The predicted molar refractivity (Wildman–Crippen MR) is 131 cm³/mol. The number of nitrogens with zero attached hydrogens (tertiary/aromatic N) is 1. The zero-order valence-corrected chi connectivity index (χ0v) is 19.9. The highest BCUT2D eigenvalue weighted by molar-refractivity contribution is 7.98. The molecule has 0 aromatic heterocycles. The molecule has 0 bridgehead atoms. The lowest BCUT2D eigenvalue weighted by atomic mass is 10.1. The molecule has 1 aliphatic rings. The van der Waals surface area contributed by atoms with E-state index in [2.05, 4.69) is 17.4 Å². The Kier molecular flexibility index (Phi) is 9.47. The van der Waals surface area contributed by atoms with Crippen molar-refractivity contribution in [2.24, 2.45) is 0 Å². The van der Waals surface area contributed by atoms with E-state index >= 15 is 0 Å². The van der Waals surface area contributed by atoms with Gasteiger partial charge in [-0.05, 0) is 43.0 Å². The summed E-state index contributed by atoms with van der Waals surface area (Å²) in [7, 11) is 1.63. The minimum Gasteiger partial charge on any atom is -0.497 e. The van der Waals surface area contributed by atoms with Gasteiger partial charge in [-0.3, -0.25) is 9.59 Å².